The van der Waals surface area contributed by atoms with Crippen molar-refractivity contribution in [3.05, 3.63) is 27.9 Å². The summed E-state index contributed by atoms with van der Waals surface area (Å²) in [5.41, 5.74) is 4.73. The number of nitro groups is 1. The molecule has 0 spiro atoms. The molecule has 0 atom stereocenters. The highest BCUT2D eigenvalue weighted by atomic mass is 16.6. The molecule has 0 saturated carbocycles. The Morgan fingerprint density at radius 3 is 2.63 bits per heavy atom. The second kappa shape index (κ2) is 4.52. The van der Waals surface area contributed by atoms with Crippen LogP contribution < -0.4 is 10.6 Å². The Morgan fingerprint density at radius 2 is 2.16 bits per heavy atom. The lowest BCUT2D eigenvalue weighted by atomic mass is 9.99. The molecule has 2 heterocycles. The summed E-state index contributed by atoms with van der Waals surface area (Å²) >= 11 is 0. The van der Waals surface area contributed by atoms with Gasteiger partial charge in [0, 0.05) is 19.2 Å². The van der Waals surface area contributed by atoms with Crippen LogP contribution in [-0.4, -0.2) is 40.0 Å². The fourth-order valence-electron chi connectivity index (χ4n) is 1.79. The van der Waals surface area contributed by atoms with Crippen molar-refractivity contribution in [3.8, 4) is 0 Å². The van der Waals surface area contributed by atoms with Crippen molar-refractivity contribution in [2.45, 2.75) is 0 Å². The minimum absolute atomic E-state index is 0.0851. The van der Waals surface area contributed by atoms with E-state index in [4.69, 9.17) is 10.8 Å². The summed E-state index contributed by atoms with van der Waals surface area (Å²) in [6.45, 7) is 0.390. The zero-order chi connectivity index (χ0) is 14.2. The molecule has 9 nitrogen and oxygen atoms in total. The number of anilines is 1. The van der Waals surface area contributed by atoms with Gasteiger partial charge in [0.15, 0.2) is 0 Å². The highest BCUT2D eigenvalue weighted by molar-refractivity contribution is 5.98. The van der Waals surface area contributed by atoms with E-state index in [1.165, 1.54) is 0 Å². The van der Waals surface area contributed by atoms with Gasteiger partial charge in [-0.05, 0) is 0 Å². The quantitative estimate of drug-likeness (QED) is 0.558. The van der Waals surface area contributed by atoms with Crippen molar-refractivity contribution < 1.29 is 19.6 Å². The van der Waals surface area contributed by atoms with Crippen LogP contribution in [0, 0.1) is 16.0 Å². The third-order valence-corrected chi connectivity index (χ3v) is 2.86. The average Bonchev–Trinajstić information content (AvgIpc) is 2.26. The topological polar surface area (TPSA) is 140 Å². The molecule has 3 N–H and O–H groups in total. The molecule has 100 valence electrons. The van der Waals surface area contributed by atoms with E-state index in [2.05, 4.69) is 4.98 Å². The van der Waals surface area contributed by atoms with Crippen LogP contribution in [0.25, 0.3) is 0 Å². The van der Waals surface area contributed by atoms with E-state index in [1.54, 1.807) is 4.90 Å². The molecule has 1 aromatic rings. The first-order valence-electron chi connectivity index (χ1n) is 5.32. The van der Waals surface area contributed by atoms with E-state index in [9.17, 15) is 19.7 Å². The molecule has 0 bridgehead atoms. The summed E-state index contributed by atoms with van der Waals surface area (Å²) in [5.74, 6) is -2.13. The van der Waals surface area contributed by atoms with Gasteiger partial charge in [-0.15, -0.1) is 0 Å². The first kappa shape index (κ1) is 12.7. The number of nitrogens with two attached hydrogens (primary N) is 1. The van der Waals surface area contributed by atoms with Crippen LogP contribution in [0.1, 0.15) is 10.4 Å². The summed E-state index contributed by atoms with van der Waals surface area (Å²) in [5, 5.41) is 19.4. The van der Waals surface area contributed by atoms with E-state index in [-0.39, 0.29) is 30.2 Å². The molecule has 1 aromatic heterocycles. The number of pyridine rings is 1. The molecule has 19 heavy (non-hydrogen) atoms. The predicted octanol–water partition coefficient (Wildman–Crippen LogP) is -0.391. The number of carbonyl (C=O) groups excluding carboxylic acids is 1. The number of hydrogen-bond donors (Lipinski definition) is 2. The van der Waals surface area contributed by atoms with Gasteiger partial charge in [-0.2, -0.15) is 0 Å². The largest absolute Gasteiger partial charge is 0.481 e. The van der Waals surface area contributed by atoms with Crippen molar-refractivity contribution in [3.63, 3.8) is 0 Å². The standard InChI is InChI=1S/C10H10N4O5/c11-8(15)7-1-6(14(18)19)2-12-9(7)13-3-5(4-13)10(16)17/h1-2,5H,3-4H2,(H2,11,15)(H,16,17). The second-order valence-electron chi connectivity index (χ2n) is 4.13. The zero-order valence-electron chi connectivity index (χ0n) is 9.65. The number of primary amides is 1. The molecule has 0 radical (unpaired) electrons. The second-order valence-corrected chi connectivity index (χ2v) is 4.13. The van der Waals surface area contributed by atoms with Gasteiger partial charge in [-0.25, -0.2) is 4.98 Å². The lowest BCUT2D eigenvalue weighted by Crippen LogP contribution is -2.51. The van der Waals surface area contributed by atoms with E-state index < -0.39 is 22.7 Å². The molecule has 9 heteroatoms. The van der Waals surface area contributed by atoms with Crippen LogP contribution in [0.5, 0.6) is 0 Å². The van der Waals surface area contributed by atoms with Crippen molar-refractivity contribution in [1.29, 1.82) is 0 Å². The molecule has 1 aliphatic rings. The van der Waals surface area contributed by atoms with Gasteiger partial charge < -0.3 is 15.7 Å². The van der Waals surface area contributed by atoms with Crippen LogP contribution in [0.2, 0.25) is 0 Å². The van der Waals surface area contributed by atoms with E-state index in [0.717, 1.165) is 12.3 Å². The van der Waals surface area contributed by atoms with Crippen molar-refractivity contribution in [2.75, 3.05) is 18.0 Å². The van der Waals surface area contributed by atoms with Gasteiger partial charge >= 0.3 is 5.97 Å². The summed E-state index contributed by atoms with van der Waals surface area (Å²) in [7, 11) is 0. The number of aliphatic carboxylic acids is 1. The zero-order valence-corrected chi connectivity index (χ0v) is 9.65. The normalized spacial score (nSPS) is 14.8. The molecule has 0 aliphatic carbocycles. The first-order valence-corrected chi connectivity index (χ1v) is 5.32. The van der Waals surface area contributed by atoms with Gasteiger partial charge in [0.25, 0.3) is 11.6 Å². The molecule has 1 fully saturated rings. The smallest absolute Gasteiger partial charge is 0.310 e. The van der Waals surface area contributed by atoms with E-state index in [0.29, 0.717) is 0 Å². The van der Waals surface area contributed by atoms with E-state index in [1.807, 2.05) is 0 Å². The highest BCUT2D eigenvalue weighted by Crippen LogP contribution is 2.28. The number of rotatable bonds is 4. The molecule has 1 amide bonds. The van der Waals surface area contributed by atoms with Gasteiger partial charge in [-0.3, -0.25) is 19.7 Å². The Labute approximate surface area is 106 Å². The van der Waals surface area contributed by atoms with Crippen molar-refractivity contribution in [1.82, 2.24) is 4.98 Å². The first-order chi connectivity index (χ1) is 8.90. The molecule has 2 rings (SSSR count). The predicted molar refractivity (Wildman–Crippen MR) is 62.7 cm³/mol. The Hall–Kier alpha value is -2.71. The van der Waals surface area contributed by atoms with Crippen LogP contribution >= 0.6 is 0 Å². The van der Waals surface area contributed by atoms with Gasteiger partial charge in [-0.1, -0.05) is 0 Å². The van der Waals surface area contributed by atoms with Crippen LogP contribution in [0.3, 0.4) is 0 Å². The fourth-order valence-corrected chi connectivity index (χ4v) is 1.79. The number of hydrogen-bond acceptors (Lipinski definition) is 6. The maximum absolute atomic E-state index is 11.3. The van der Waals surface area contributed by atoms with Crippen molar-refractivity contribution in [2.24, 2.45) is 11.7 Å². The van der Waals surface area contributed by atoms with Crippen LogP contribution in [0.15, 0.2) is 12.3 Å². The number of nitrogens with zero attached hydrogens (tertiary/aromatic N) is 3. The molecule has 1 saturated heterocycles. The molecular formula is C10H10N4O5. The number of carbonyl (C=O) groups is 2. The van der Waals surface area contributed by atoms with Gasteiger partial charge in [0.05, 0.1) is 16.4 Å². The summed E-state index contributed by atoms with van der Waals surface area (Å²) in [4.78, 5) is 37.3. The summed E-state index contributed by atoms with van der Waals surface area (Å²) in [6, 6.07) is 1.04. The number of amides is 1. The molecule has 0 aromatic carbocycles. The Kier molecular flexibility index (Phi) is 3.03. The maximum Gasteiger partial charge on any atom is 0.310 e. The lowest BCUT2D eigenvalue weighted by molar-refractivity contribution is -0.385. The Morgan fingerprint density at radius 1 is 1.53 bits per heavy atom. The van der Waals surface area contributed by atoms with Crippen LogP contribution in [0.4, 0.5) is 11.5 Å². The summed E-state index contributed by atoms with van der Waals surface area (Å²) in [6.07, 6.45) is 1.01. The Balaban J connectivity index is 2.29. The molecular weight excluding hydrogens is 256 g/mol. The van der Waals surface area contributed by atoms with E-state index >= 15 is 0 Å². The number of carboxylic acid groups (broad SMARTS) is 1. The number of carboxylic acids is 1. The average molecular weight is 266 g/mol. The third kappa shape index (κ3) is 2.30. The number of aromatic nitrogens is 1. The fraction of sp³-hybridized carbons (Fsp3) is 0.300. The SMILES string of the molecule is NC(=O)c1cc([N+](=O)[O-])cnc1N1CC(C(=O)O)C1. The van der Waals surface area contributed by atoms with Crippen LogP contribution in [-0.2, 0) is 4.79 Å². The van der Waals surface area contributed by atoms with Gasteiger partial charge in [0.1, 0.15) is 12.0 Å². The maximum atomic E-state index is 11.3. The third-order valence-electron chi connectivity index (χ3n) is 2.86. The Bertz CT molecular complexity index is 567. The summed E-state index contributed by atoms with van der Waals surface area (Å²) < 4.78 is 0. The minimum atomic E-state index is -0.932. The monoisotopic (exact) mass is 266 g/mol. The van der Waals surface area contributed by atoms with Gasteiger partial charge in [0.2, 0.25) is 0 Å². The lowest BCUT2D eigenvalue weighted by Gasteiger charge is -2.38. The minimum Gasteiger partial charge on any atom is -0.481 e. The molecule has 1 aliphatic heterocycles. The molecule has 0 unspecified atom stereocenters. The van der Waals surface area contributed by atoms with Crippen molar-refractivity contribution >= 4 is 23.4 Å². The highest BCUT2D eigenvalue weighted by Gasteiger charge is 2.35.